The molecule has 1 saturated carbocycles. The number of benzene rings is 1. The van der Waals surface area contributed by atoms with Crippen LogP contribution in [0, 0.1) is 12.7 Å². The molecule has 7 heteroatoms. The number of nitrogens with zero attached hydrogens (tertiary/aromatic N) is 3. The fourth-order valence-electron chi connectivity index (χ4n) is 3.53. The SMILES string of the molecule is Cc1noc2nc(-c3ccco3)cc(C(=O)N(Cc3ccccc3F)C3CC3)c12. The molecule has 1 aliphatic carbocycles. The highest BCUT2D eigenvalue weighted by atomic mass is 19.1. The lowest BCUT2D eigenvalue weighted by molar-refractivity contribution is 0.0730. The van der Waals surface area contributed by atoms with E-state index in [-0.39, 0.29) is 30.0 Å². The van der Waals surface area contributed by atoms with Gasteiger partial charge >= 0.3 is 0 Å². The van der Waals surface area contributed by atoms with Crippen LogP contribution in [0.1, 0.15) is 34.5 Å². The molecule has 0 saturated heterocycles. The highest BCUT2D eigenvalue weighted by Crippen LogP contribution is 2.33. The summed E-state index contributed by atoms with van der Waals surface area (Å²) in [5.41, 5.74) is 2.28. The van der Waals surface area contributed by atoms with E-state index in [1.54, 1.807) is 54.5 Å². The van der Waals surface area contributed by atoms with Crippen LogP contribution in [0.15, 0.2) is 57.7 Å². The molecule has 1 amide bonds. The molecule has 4 aromatic rings. The third-order valence-corrected chi connectivity index (χ3v) is 5.17. The van der Waals surface area contributed by atoms with Gasteiger partial charge in [0.25, 0.3) is 11.6 Å². The first-order valence-electron chi connectivity index (χ1n) is 9.47. The first-order valence-corrected chi connectivity index (χ1v) is 9.47. The van der Waals surface area contributed by atoms with Crippen molar-refractivity contribution in [1.82, 2.24) is 15.0 Å². The quantitative estimate of drug-likeness (QED) is 0.492. The number of halogens is 1. The Labute approximate surface area is 165 Å². The third-order valence-electron chi connectivity index (χ3n) is 5.17. The normalized spacial score (nSPS) is 13.7. The van der Waals surface area contributed by atoms with Crippen LogP contribution in [-0.4, -0.2) is 27.0 Å². The maximum absolute atomic E-state index is 14.2. The van der Waals surface area contributed by atoms with Crippen molar-refractivity contribution in [2.75, 3.05) is 0 Å². The second kappa shape index (κ2) is 6.84. The van der Waals surface area contributed by atoms with Crippen molar-refractivity contribution in [3.63, 3.8) is 0 Å². The van der Waals surface area contributed by atoms with Crippen molar-refractivity contribution in [3.8, 4) is 11.5 Å². The molecule has 1 aliphatic rings. The predicted octanol–water partition coefficient (Wildman–Crippen LogP) is 4.74. The number of carbonyl (C=O) groups is 1. The fraction of sp³-hybridized carbons (Fsp3) is 0.227. The number of aromatic nitrogens is 2. The number of rotatable bonds is 5. The zero-order chi connectivity index (χ0) is 20.0. The first kappa shape index (κ1) is 17.6. The van der Waals surface area contributed by atoms with Gasteiger partial charge in [-0.25, -0.2) is 9.37 Å². The topological polar surface area (TPSA) is 72.4 Å². The number of carbonyl (C=O) groups excluding carboxylic acids is 1. The summed E-state index contributed by atoms with van der Waals surface area (Å²) >= 11 is 0. The lowest BCUT2D eigenvalue weighted by atomic mass is 10.1. The number of furan rings is 1. The van der Waals surface area contributed by atoms with Crippen molar-refractivity contribution in [2.45, 2.75) is 32.4 Å². The fourth-order valence-corrected chi connectivity index (χ4v) is 3.53. The molecule has 1 fully saturated rings. The summed E-state index contributed by atoms with van der Waals surface area (Å²) in [6, 6.07) is 11.9. The van der Waals surface area contributed by atoms with Gasteiger partial charge in [0.15, 0.2) is 5.76 Å². The van der Waals surface area contributed by atoms with Crippen LogP contribution in [0.25, 0.3) is 22.6 Å². The minimum Gasteiger partial charge on any atom is -0.463 e. The number of pyridine rings is 1. The van der Waals surface area contributed by atoms with Crippen molar-refractivity contribution >= 4 is 17.0 Å². The van der Waals surface area contributed by atoms with Gasteiger partial charge in [0, 0.05) is 18.2 Å². The molecule has 146 valence electrons. The van der Waals surface area contributed by atoms with Crippen molar-refractivity contribution in [1.29, 1.82) is 0 Å². The third kappa shape index (κ3) is 3.18. The van der Waals surface area contributed by atoms with Crippen LogP contribution in [0.4, 0.5) is 4.39 Å². The lowest BCUT2D eigenvalue weighted by Crippen LogP contribution is -2.33. The second-order valence-corrected chi connectivity index (χ2v) is 7.24. The average Bonchev–Trinajstić information content (AvgIpc) is 3.27. The van der Waals surface area contributed by atoms with Gasteiger partial charge in [-0.1, -0.05) is 23.4 Å². The van der Waals surface area contributed by atoms with Gasteiger partial charge in [0.05, 0.1) is 22.9 Å². The monoisotopic (exact) mass is 391 g/mol. The molecule has 0 radical (unpaired) electrons. The number of aryl methyl sites for hydroxylation is 1. The summed E-state index contributed by atoms with van der Waals surface area (Å²) in [4.78, 5) is 19.8. The number of hydrogen-bond acceptors (Lipinski definition) is 5. The van der Waals surface area contributed by atoms with Crippen LogP contribution in [0.5, 0.6) is 0 Å². The summed E-state index contributed by atoms with van der Waals surface area (Å²) in [5, 5.41) is 4.55. The maximum atomic E-state index is 14.2. The van der Waals surface area contributed by atoms with E-state index < -0.39 is 0 Å². The average molecular weight is 391 g/mol. The van der Waals surface area contributed by atoms with Crippen LogP contribution in [0.2, 0.25) is 0 Å². The number of fused-ring (bicyclic) bond motifs is 1. The minimum absolute atomic E-state index is 0.0950. The molecule has 0 N–H and O–H groups in total. The molecular weight excluding hydrogens is 373 g/mol. The Balaban J connectivity index is 1.60. The molecule has 0 bridgehead atoms. The van der Waals surface area contributed by atoms with Gasteiger partial charge < -0.3 is 13.8 Å². The van der Waals surface area contributed by atoms with Crippen molar-refractivity contribution < 1.29 is 18.1 Å². The van der Waals surface area contributed by atoms with Crippen LogP contribution in [-0.2, 0) is 6.54 Å². The van der Waals surface area contributed by atoms with Gasteiger partial charge in [-0.15, -0.1) is 0 Å². The standard InChI is InChI=1S/C22H18FN3O3/c1-13-20-16(11-18(19-7-4-10-28-19)24-21(20)29-25-13)22(27)26(15-8-9-15)12-14-5-2-3-6-17(14)23/h2-7,10-11,15H,8-9,12H2,1H3. The molecule has 0 spiro atoms. The van der Waals surface area contributed by atoms with E-state index in [9.17, 15) is 9.18 Å². The first-order chi connectivity index (χ1) is 14.1. The second-order valence-electron chi connectivity index (χ2n) is 7.24. The zero-order valence-corrected chi connectivity index (χ0v) is 15.8. The van der Waals surface area contributed by atoms with E-state index in [0.29, 0.717) is 33.7 Å². The minimum atomic E-state index is -0.316. The van der Waals surface area contributed by atoms with Gasteiger partial charge in [-0.2, -0.15) is 0 Å². The lowest BCUT2D eigenvalue weighted by Gasteiger charge is -2.23. The molecule has 3 heterocycles. The van der Waals surface area contributed by atoms with Crippen molar-refractivity contribution in [2.24, 2.45) is 0 Å². The molecule has 0 atom stereocenters. The highest BCUT2D eigenvalue weighted by Gasteiger charge is 2.35. The van der Waals surface area contributed by atoms with E-state index in [1.165, 1.54) is 6.07 Å². The highest BCUT2D eigenvalue weighted by molar-refractivity contribution is 6.07. The van der Waals surface area contributed by atoms with Gasteiger partial charge in [-0.3, -0.25) is 4.79 Å². The zero-order valence-electron chi connectivity index (χ0n) is 15.8. The Morgan fingerprint density at radius 1 is 1.24 bits per heavy atom. The molecular formula is C22H18FN3O3. The number of amides is 1. The molecule has 29 heavy (non-hydrogen) atoms. The Hall–Kier alpha value is -3.48. The molecule has 0 aliphatic heterocycles. The van der Waals surface area contributed by atoms with Gasteiger partial charge in [-0.05, 0) is 44.0 Å². The largest absolute Gasteiger partial charge is 0.463 e. The predicted molar refractivity (Wildman–Crippen MR) is 104 cm³/mol. The van der Waals surface area contributed by atoms with Crippen molar-refractivity contribution in [3.05, 3.63) is 71.4 Å². The van der Waals surface area contributed by atoms with E-state index >= 15 is 0 Å². The summed E-state index contributed by atoms with van der Waals surface area (Å²) in [5.74, 6) is 0.0209. The summed E-state index contributed by atoms with van der Waals surface area (Å²) in [6.07, 6.45) is 3.35. The van der Waals surface area contributed by atoms with Gasteiger partial charge in [0.2, 0.25) is 0 Å². The Kier molecular flexibility index (Phi) is 4.16. The van der Waals surface area contributed by atoms with E-state index in [2.05, 4.69) is 10.1 Å². The van der Waals surface area contributed by atoms with Crippen LogP contribution >= 0.6 is 0 Å². The van der Waals surface area contributed by atoms with E-state index in [4.69, 9.17) is 8.94 Å². The maximum Gasteiger partial charge on any atom is 0.259 e. The summed E-state index contributed by atoms with van der Waals surface area (Å²) < 4.78 is 25.0. The van der Waals surface area contributed by atoms with Gasteiger partial charge in [0.1, 0.15) is 11.5 Å². The Morgan fingerprint density at radius 2 is 2.07 bits per heavy atom. The molecule has 6 nitrogen and oxygen atoms in total. The Bertz CT molecular complexity index is 1200. The smallest absolute Gasteiger partial charge is 0.259 e. The molecule has 0 unspecified atom stereocenters. The van der Waals surface area contributed by atoms with E-state index in [0.717, 1.165) is 12.8 Å². The molecule has 3 aromatic heterocycles. The Morgan fingerprint density at radius 3 is 2.79 bits per heavy atom. The summed E-state index contributed by atoms with van der Waals surface area (Å²) in [7, 11) is 0. The van der Waals surface area contributed by atoms with Crippen LogP contribution in [0.3, 0.4) is 0 Å². The molecule has 1 aromatic carbocycles. The van der Waals surface area contributed by atoms with E-state index in [1.807, 2.05) is 0 Å². The number of hydrogen-bond donors (Lipinski definition) is 0. The van der Waals surface area contributed by atoms with Crippen LogP contribution < -0.4 is 0 Å². The molecule has 5 rings (SSSR count). The summed E-state index contributed by atoms with van der Waals surface area (Å²) in [6.45, 7) is 1.98.